The van der Waals surface area contributed by atoms with E-state index < -0.39 is 5.92 Å². The van der Waals surface area contributed by atoms with Crippen molar-refractivity contribution in [2.75, 3.05) is 5.32 Å². The number of aryl methyl sites for hydroxylation is 2. The Hall–Kier alpha value is -2.73. The predicted molar refractivity (Wildman–Crippen MR) is 105 cm³/mol. The normalized spacial score (nSPS) is 19.5. The number of amides is 1. The zero-order chi connectivity index (χ0) is 18.8. The quantitative estimate of drug-likeness (QED) is 0.722. The summed E-state index contributed by atoms with van der Waals surface area (Å²) in [5.74, 6) is -1.17. The molecular formula is C20H20FN3OS. The van der Waals surface area contributed by atoms with Crippen LogP contribution in [0.25, 0.3) is 0 Å². The van der Waals surface area contributed by atoms with E-state index in [-0.39, 0.29) is 17.8 Å². The fraction of sp³-hybridized carbons (Fsp3) is 0.200. The molecule has 1 fully saturated rings. The standard InChI is InChI=1S/C20H20FN3OS/c1-11-4-5-12(2)16(10-11)18-17(13(3)22-20(26)24-18)19(25)23-15-8-6-14(21)7-9-15/h4-10,17-18H,3H2,1-2H3,(H,23,25)(H2,22,24,26)/t17-,18+/m0/s1. The van der Waals surface area contributed by atoms with Gasteiger partial charge in [-0.3, -0.25) is 4.79 Å². The second kappa shape index (κ2) is 7.25. The van der Waals surface area contributed by atoms with Gasteiger partial charge in [0.05, 0.1) is 6.04 Å². The lowest BCUT2D eigenvalue weighted by atomic mass is 9.85. The summed E-state index contributed by atoms with van der Waals surface area (Å²) in [6.45, 7) is 8.00. The molecule has 3 rings (SSSR count). The van der Waals surface area contributed by atoms with Crippen LogP contribution in [0.15, 0.2) is 54.7 Å². The number of rotatable bonds is 3. The van der Waals surface area contributed by atoms with E-state index >= 15 is 0 Å². The number of carbonyl (C=O) groups is 1. The van der Waals surface area contributed by atoms with Gasteiger partial charge in [0.15, 0.2) is 5.11 Å². The first-order chi connectivity index (χ1) is 12.3. The summed E-state index contributed by atoms with van der Waals surface area (Å²) in [6.07, 6.45) is 0. The molecule has 0 radical (unpaired) electrons. The van der Waals surface area contributed by atoms with Gasteiger partial charge >= 0.3 is 0 Å². The molecule has 1 aliphatic heterocycles. The molecule has 0 unspecified atom stereocenters. The highest BCUT2D eigenvalue weighted by atomic mass is 32.1. The van der Waals surface area contributed by atoms with Crippen LogP contribution in [0, 0.1) is 25.6 Å². The average molecular weight is 369 g/mol. The van der Waals surface area contributed by atoms with Crippen LogP contribution >= 0.6 is 12.2 Å². The Kier molecular flexibility index (Phi) is 5.04. The van der Waals surface area contributed by atoms with Crippen LogP contribution < -0.4 is 16.0 Å². The Balaban J connectivity index is 1.93. The van der Waals surface area contributed by atoms with E-state index in [1.807, 2.05) is 32.0 Å². The van der Waals surface area contributed by atoms with Crippen molar-refractivity contribution < 1.29 is 9.18 Å². The van der Waals surface area contributed by atoms with Gasteiger partial charge in [0.2, 0.25) is 5.91 Å². The van der Waals surface area contributed by atoms with Crippen molar-refractivity contribution in [1.29, 1.82) is 0 Å². The van der Waals surface area contributed by atoms with Gasteiger partial charge in [0.1, 0.15) is 11.7 Å². The Bertz CT molecular complexity index is 879. The molecule has 0 saturated carbocycles. The molecular weight excluding hydrogens is 349 g/mol. The van der Waals surface area contributed by atoms with Crippen molar-refractivity contribution in [2.45, 2.75) is 19.9 Å². The minimum Gasteiger partial charge on any atom is -0.354 e. The van der Waals surface area contributed by atoms with Crippen LogP contribution in [0.3, 0.4) is 0 Å². The molecule has 2 aromatic rings. The SMILES string of the molecule is C=C1NC(=S)N[C@H](c2cc(C)ccc2C)[C@H]1C(=O)Nc1ccc(F)cc1. The van der Waals surface area contributed by atoms with Crippen molar-refractivity contribution >= 4 is 28.9 Å². The number of benzene rings is 2. The van der Waals surface area contributed by atoms with Gasteiger partial charge < -0.3 is 16.0 Å². The maximum atomic E-state index is 13.1. The summed E-state index contributed by atoms with van der Waals surface area (Å²) in [7, 11) is 0. The van der Waals surface area contributed by atoms with E-state index in [9.17, 15) is 9.18 Å². The Morgan fingerprint density at radius 3 is 2.58 bits per heavy atom. The number of hydrogen-bond donors (Lipinski definition) is 3. The monoisotopic (exact) mass is 369 g/mol. The molecule has 134 valence electrons. The van der Waals surface area contributed by atoms with Crippen LogP contribution in [-0.4, -0.2) is 11.0 Å². The number of carbonyl (C=O) groups excluding carboxylic acids is 1. The summed E-state index contributed by atoms with van der Waals surface area (Å²) in [6, 6.07) is 11.4. The average Bonchev–Trinajstić information content (AvgIpc) is 2.58. The number of halogens is 1. The molecule has 1 amide bonds. The molecule has 3 N–H and O–H groups in total. The third-order valence-corrected chi connectivity index (χ3v) is 4.65. The highest BCUT2D eigenvalue weighted by Crippen LogP contribution is 2.32. The largest absolute Gasteiger partial charge is 0.354 e. The van der Waals surface area contributed by atoms with E-state index in [1.54, 1.807) is 0 Å². The smallest absolute Gasteiger partial charge is 0.235 e. The summed E-state index contributed by atoms with van der Waals surface area (Å²) < 4.78 is 13.1. The van der Waals surface area contributed by atoms with Crippen molar-refractivity contribution in [3.8, 4) is 0 Å². The lowest BCUT2D eigenvalue weighted by molar-refractivity contribution is -0.119. The van der Waals surface area contributed by atoms with Crippen molar-refractivity contribution in [1.82, 2.24) is 10.6 Å². The zero-order valence-corrected chi connectivity index (χ0v) is 15.4. The van der Waals surface area contributed by atoms with Gasteiger partial charge in [-0.1, -0.05) is 30.3 Å². The fourth-order valence-electron chi connectivity index (χ4n) is 3.10. The predicted octanol–water partition coefficient (Wildman–Crippen LogP) is 3.73. The minimum atomic E-state index is -0.577. The van der Waals surface area contributed by atoms with Crippen molar-refractivity contribution in [2.24, 2.45) is 5.92 Å². The zero-order valence-electron chi connectivity index (χ0n) is 14.6. The third kappa shape index (κ3) is 3.75. The first kappa shape index (κ1) is 18.1. The van der Waals surface area contributed by atoms with Gasteiger partial charge in [-0.2, -0.15) is 0 Å². The number of anilines is 1. The maximum absolute atomic E-state index is 13.1. The van der Waals surface area contributed by atoms with Gasteiger partial charge in [-0.05, 0) is 61.5 Å². The van der Waals surface area contributed by atoms with Crippen molar-refractivity contribution in [3.63, 3.8) is 0 Å². The second-order valence-corrected chi connectivity index (χ2v) is 6.84. The van der Waals surface area contributed by atoms with Gasteiger partial charge in [0.25, 0.3) is 0 Å². The van der Waals surface area contributed by atoms with Crippen LogP contribution in [-0.2, 0) is 4.79 Å². The van der Waals surface area contributed by atoms with E-state index in [1.165, 1.54) is 24.3 Å². The summed E-state index contributed by atoms with van der Waals surface area (Å²) in [5.41, 5.74) is 4.20. The van der Waals surface area contributed by atoms with E-state index in [0.717, 1.165) is 16.7 Å². The molecule has 0 aliphatic carbocycles. The molecule has 0 spiro atoms. The molecule has 0 bridgehead atoms. The van der Waals surface area contributed by atoms with Gasteiger partial charge in [-0.25, -0.2) is 4.39 Å². The molecule has 0 aromatic heterocycles. The van der Waals surface area contributed by atoms with Gasteiger partial charge in [-0.15, -0.1) is 0 Å². The van der Waals surface area contributed by atoms with Crippen LogP contribution in [0.2, 0.25) is 0 Å². The third-order valence-electron chi connectivity index (χ3n) is 4.43. The molecule has 6 heteroatoms. The minimum absolute atomic E-state index is 0.241. The lowest BCUT2D eigenvalue weighted by Gasteiger charge is -2.36. The van der Waals surface area contributed by atoms with Crippen LogP contribution in [0.1, 0.15) is 22.7 Å². The highest BCUT2D eigenvalue weighted by molar-refractivity contribution is 7.80. The Morgan fingerprint density at radius 2 is 1.88 bits per heavy atom. The number of nitrogens with one attached hydrogen (secondary N) is 3. The molecule has 1 heterocycles. The molecule has 26 heavy (non-hydrogen) atoms. The van der Waals surface area contributed by atoms with E-state index in [2.05, 4.69) is 22.5 Å². The molecule has 4 nitrogen and oxygen atoms in total. The van der Waals surface area contributed by atoms with Gasteiger partial charge in [0, 0.05) is 11.4 Å². The van der Waals surface area contributed by atoms with E-state index in [4.69, 9.17) is 12.2 Å². The molecule has 1 saturated heterocycles. The van der Waals surface area contributed by atoms with Crippen molar-refractivity contribution in [3.05, 3.63) is 77.2 Å². The second-order valence-electron chi connectivity index (χ2n) is 6.44. The topological polar surface area (TPSA) is 53.2 Å². The summed E-state index contributed by atoms with van der Waals surface area (Å²) in [4.78, 5) is 13.0. The summed E-state index contributed by atoms with van der Waals surface area (Å²) >= 11 is 5.26. The summed E-state index contributed by atoms with van der Waals surface area (Å²) in [5, 5.41) is 9.40. The van der Waals surface area contributed by atoms with Crippen LogP contribution in [0.5, 0.6) is 0 Å². The molecule has 1 aliphatic rings. The Morgan fingerprint density at radius 1 is 1.19 bits per heavy atom. The first-order valence-electron chi connectivity index (χ1n) is 8.25. The van der Waals surface area contributed by atoms with Crippen LogP contribution in [0.4, 0.5) is 10.1 Å². The first-order valence-corrected chi connectivity index (χ1v) is 8.66. The highest BCUT2D eigenvalue weighted by Gasteiger charge is 2.37. The van der Waals surface area contributed by atoms with E-state index in [0.29, 0.717) is 16.5 Å². The Labute approximate surface area is 157 Å². The molecule has 2 aromatic carbocycles. The number of thiocarbonyl (C=S) groups is 1. The number of hydrogen-bond acceptors (Lipinski definition) is 2. The molecule has 2 atom stereocenters. The fourth-order valence-corrected chi connectivity index (χ4v) is 3.36. The maximum Gasteiger partial charge on any atom is 0.235 e. The lowest BCUT2D eigenvalue weighted by Crippen LogP contribution is -2.51.